The van der Waals surface area contributed by atoms with Gasteiger partial charge in [0.1, 0.15) is 12.4 Å². The lowest BCUT2D eigenvalue weighted by Crippen LogP contribution is -2.22. The van der Waals surface area contributed by atoms with E-state index < -0.39 is 11.9 Å². The maximum absolute atomic E-state index is 13.0. The molecular weight excluding hydrogens is 299 g/mol. The van der Waals surface area contributed by atoms with E-state index in [1.807, 2.05) is 6.07 Å². The van der Waals surface area contributed by atoms with Gasteiger partial charge in [0.2, 0.25) is 5.79 Å². The van der Waals surface area contributed by atoms with Crippen molar-refractivity contribution in [3.05, 3.63) is 35.6 Å². The maximum Gasteiger partial charge on any atom is 0.510 e. The van der Waals surface area contributed by atoms with Crippen LogP contribution in [0.1, 0.15) is 51.0 Å². The minimum absolute atomic E-state index is 0.168. The molecule has 1 unspecified atom stereocenters. The molecule has 0 aliphatic carbocycles. The van der Waals surface area contributed by atoms with Gasteiger partial charge in [0, 0.05) is 6.42 Å². The highest BCUT2D eigenvalue weighted by molar-refractivity contribution is 5.60. The van der Waals surface area contributed by atoms with Crippen molar-refractivity contribution in [1.29, 1.82) is 0 Å². The highest BCUT2D eigenvalue weighted by Crippen LogP contribution is 2.34. The first kappa shape index (κ1) is 17.7. The monoisotopic (exact) mass is 324 g/mol. The molecule has 1 heterocycles. The number of benzene rings is 1. The fourth-order valence-electron chi connectivity index (χ4n) is 2.58. The first-order chi connectivity index (χ1) is 11.1. The fourth-order valence-corrected chi connectivity index (χ4v) is 2.58. The Kier molecular flexibility index (Phi) is 6.84. The van der Waals surface area contributed by atoms with Crippen molar-refractivity contribution >= 4 is 6.16 Å². The molecule has 0 amide bonds. The third kappa shape index (κ3) is 6.57. The Hall–Kier alpha value is -1.62. The van der Waals surface area contributed by atoms with Crippen LogP contribution in [-0.4, -0.2) is 25.2 Å². The van der Waals surface area contributed by atoms with Crippen molar-refractivity contribution < 1.29 is 23.4 Å². The van der Waals surface area contributed by atoms with Crippen LogP contribution >= 0.6 is 0 Å². The lowest BCUT2D eigenvalue weighted by atomic mass is 10.0. The zero-order valence-corrected chi connectivity index (χ0v) is 13.7. The van der Waals surface area contributed by atoms with Crippen molar-refractivity contribution in [2.45, 2.75) is 57.7 Å². The van der Waals surface area contributed by atoms with Crippen LogP contribution in [0.15, 0.2) is 24.3 Å². The summed E-state index contributed by atoms with van der Waals surface area (Å²) in [5.74, 6) is -0.896. The van der Waals surface area contributed by atoms with E-state index in [0.29, 0.717) is 13.2 Å². The van der Waals surface area contributed by atoms with Gasteiger partial charge in [0.05, 0.1) is 6.61 Å². The molecule has 0 N–H and O–H groups in total. The molecule has 2 rings (SSSR count). The van der Waals surface area contributed by atoms with Gasteiger partial charge in [-0.1, -0.05) is 31.4 Å². The van der Waals surface area contributed by atoms with E-state index >= 15 is 0 Å². The van der Waals surface area contributed by atoms with E-state index in [9.17, 15) is 9.18 Å². The molecule has 128 valence electrons. The Bertz CT molecular complexity index is 500. The number of unbranched alkanes of at least 4 members (excludes halogenated alkanes) is 4. The quantitative estimate of drug-likeness (QED) is 0.358. The highest BCUT2D eigenvalue weighted by atomic mass is 19.1. The largest absolute Gasteiger partial charge is 0.510 e. The van der Waals surface area contributed by atoms with Crippen LogP contribution in [0.5, 0.6) is 0 Å². The molecule has 1 aliphatic heterocycles. The first-order valence-corrected chi connectivity index (χ1v) is 8.38. The molecular formula is C18H25FO4. The topological polar surface area (TPSA) is 48.1 Å². The molecule has 4 nitrogen and oxygen atoms in total. The number of hydrogen-bond acceptors (Lipinski definition) is 4. The molecule has 1 atom stereocenters. The average Bonchev–Trinajstić information content (AvgIpc) is 3.26. The summed E-state index contributed by atoms with van der Waals surface area (Å²) in [6, 6.07) is 6.78. The average molecular weight is 324 g/mol. The molecule has 0 saturated carbocycles. The fraction of sp³-hybridized carbons (Fsp3) is 0.611. The SMILES string of the molecule is CCOC(=O)OC1(CCCCCCCc2cccc(F)c2)CO1. The highest BCUT2D eigenvalue weighted by Gasteiger charge is 2.49. The summed E-state index contributed by atoms with van der Waals surface area (Å²) in [7, 11) is 0. The van der Waals surface area contributed by atoms with Crippen molar-refractivity contribution in [3.8, 4) is 0 Å². The minimum Gasteiger partial charge on any atom is -0.435 e. The summed E-state index contributed by atoms with van der Waals surface area (Å²) in [4.78, 5) is 11.3. The van der Waals surface area contributed by atoms with Crippen LogP contribution in [0.4, 0.5) is 9.18 Å². The Morgan fingerprint density at radius 3 is 2.70 bits per heavy atom. The zero-order chi connectivity index (χ0) is 16.5. The molecule has 1 saturated heterocycles. The van der Waals surface area contributed by atoms with Gasteiger partial charge in [0.25, 0.3) is 0 Å². The van der Waals surface area contributed by atoms with Gasteiger partial charge in [0.15, 0.2) is 0 Å². The molecule has 1 fully saturated rings. The molecule has 0 radical (unpaired) electrons. The number of carbonyl (C=O) groups excluding carboxylic acids is 1. The van der Waals surface area contributed by atoms with Crippen LogP contribution in [0.2, 0.25) is 0 Å². The Morgan fingerprint density at radius 2 is 2.00 bits per heavy atom. The van der Waals surface area contributed by atoms with E-state index in [4.69, 9.17) is 14.2 Å². The summed E-state index contributed by atoms with van der Waals surface area (Å²) >= 11 is 0. The second-order valence-corrected chi connectivity index (χ2v) is 5.88. The molecule has 5 heteroatoms. The Morgan fingerprint density at radius 1 is 1.26 bits per heavy atom. The van der Waals surface area contributed by atoms with E-state index in [1.165, 1.54) is 6.07 Å². The van der Waals surface area contributed by atoms with Gasteiger partial charge in [-0.15, -0.1) is 0 Å². The van der Waals surface area contributed by atoms with Crippen molar-refractivity contribution in [2.24, 2.45) is 0 Å². The summed E-state index contributed by atoms with van der Waals surface area (Å²) in [6.07, 6.45) is 6.30. The van der Waals surface area contributed by atoms with Crippen LogP contribution in [0.25, 0.3) is 0 Å². The van der Waals surface area contributed by atoms with Gasteiger partial charge in [-0.05, 0) is 43.9 Å². The second kappa shape index (κ2) is 8.87. The van der Waals surface area contributed by atoms with Gasteiger partial charge in [-0.2, -0.15) is 0 Å². The molecule has 0 spiro atoms. The number of ether oxygens (including phenoxy) is 3. The first-order valence-electron chi connectivity index (χ1n) is 8.38. The van der Waals surface area contributed by atoms with Crippen LogP contribution in [-0.2, 0) is 20.6 Å². The van der Waals surface area contributed by atoms with Gasteiger partial charge in [-0.3, -0.25) is 0 Å². The van der Waals surface area contributed by atoms with Crippen LogP contribution in [0.3, 0.4) is 0 Å². The number of rotatable bonds is 10. The lowest BCUT2D eigenvalue weighted by molar-refractivity contribution is -0.0381. The van der Waals surface area contributed by atoms with Crippen molar-refractivity contribution in [3.63, 3.8) is 0 Å². The molecule has 0 bridgehead atoms. The summed E-state index contributed by atoms with van der Waals surface area (Å²) in [5.41, 5.74) is 1.05. The normalized spacial score (nSPS) is 19.4. The van der Waals surface area contributed by atoms with Crippen molar-refractivity contribution in [2.75, 3.05) is 13.2 Å². The number of epoxide rings is 1. The maximum atomic E-state index is 13.0. The van der Waals surface area contributed by atoms with E-state index in [-0.39, 0.29) is 5.82 Å². The molecule has 1 aromatic carbocycles. The molecule has 1 aromatic rings. The number of halogens is 1. The smallest absolute Gasteiger partial charge is 0.435 e. The molecule has 1 aliphatic rings. The van der Waals surface area contributed by atoms with E-state index in [1.54, 1.807) is 19.1 Å². The molecule has 0 aromatic heterocycles. The Balaban J connectivity index is 1.50. The van der Waals surface area contributed by atoms with Crippen molar-refractivity contribution in [1.82, 2.24) is 0 Å². The molecule has 23 heavy (non-hydrogen) atoms. The number of aryl methyl sites for hydroxylation is 1. The third-order valence-corrected chi connectivity index (χ3v) is 3.91. The predicted molar refractivity (Wildman–Crippen MR) is 84.6 cm³/mol. The Labute approximate surface area is 136 Å². The summed E-state index contributed by atoms with van der Waals surface area (Å²) in [6.45, 7) is 2.51. The summed E-state index contributed by atoms with van der Waals surface area (Å²) < 4.78 is 28.2. The third-order valence-electron chi connectivity index (χ3n) is 3.91. The lowest BCUT2D eigenvalue weighted by Gasteiger charge is -2.12. The van der Waals surface area contributed by atoms with E-state index in [0.717, 1.165) is 50.5 Å². The number of carbonyl (C=O) groups is 1. The van der Waals surface area contributed by atoms with Crippen LogP contribution < -0.4 is 0 Å². The van der Waals surface area contributed by atoms with Gasteiger partial charge < -0.3 is 14.2 Å². The zero-order valence-electron chi connectivity index (χ0n) is 13.7. The van der Waals surface area contributed by atoms with E-state index in [2.05, 4.69) is 0 Å². The van der Waals surface area contributed by atoms with Gasteiger partial charge >= 0.3 is 6.16 Å². The minimum atomic E-state index is -0.728. The van der Waals surface area contributed by atoms with Gasteiger partial charge in [-0.25, -0.2) is 9.18 Å². The predicted octanol–water partition coefficient (Wildman–Crippen LogP) is 4.61. The van der Waals surface area contributed by atoms with Crippen LogP contribution in [0, 0.1) is 5.82 Å². The second-order valence-electron chi connectivity index (χ2n) is 5.88. The standard InChI is InChI=1S/C18H25FO4/c1-2-21-17(20)23-18(14-22-18)12-7-5-3-4-6-9-15-10-8-11-16(19)13-15/h8,10-11,13H,2-7,9,12,14H2,1H3. The summed E-state index contributed by atoms with van der Waals surface area (Å²) in [5, 5.41) is 0. The number of hydrogen-bond donors (Lipinski definition) is 0.